The van der Waals surface area contributed by atoms with Gasteiger partial charge in [0.25, 0.3) is 11.9 Å². The average molecular weight is 457 g/mol. The fourth-order valence-electron chi connectivity index (χ4n) is 2.90. The molecule has 0 aromatic rings. The molecular formula is C24H44O6Si. The maximum absolute atomic E-state index is 11.7. The molecule has 0 amide bonds. The van der Waals surface area contributed by atoms with Gasteiger partial charge in [-0.15, -0.1) is 0 Å². The van der Waals surface area contributed by atoms with Crippen LogP contribution in [0.1, 0.15) is 93.9 Å². The summed E-state index contributed by atoms with van der Waals surface area (Å²) in [6, 6.07) is 0. The largest absolute Gasteiger partial charge is 0.824 e. The normalized spacial score (nSPS) is 13.2. The lowest BCUT2D eigenvalue weighted by Gasteiger charge is -2.26. The highest BCUT2D eigenvalue weighted by Gasteiger charge is 2.53. The van der Waals surface area contributed by atoms with Crippen molar-refractivity contribution in [1.82, 2.24) is 0 Å². The number of carbonyl (C=O) groups is 2. The topological polar surface area (TPSA) is 71.1 Å². The van der Waals surface area contributed by atoms with Gasteiger partial charge in [-0.25, -0.2) is 0 Å². The van der Waals surface area contributed by atoms with Crippen LogP contribution in [0.2, 0.25) is 0 Å². The molecule has 7 heteroatoms. The number of allylic oxidation sites excluding steroid dienone is 4. The second-order valence-corrected chi connectivity index (χ2v) is 10.9. The molecule has 0 radical (unpaired) electrons. The highest BCUT2D eigenvalue weighted by Crippen LogP contribution is 2.19. The molecule has 0 aliphatic rings. The Balaban J connectivity index is 4.84. The van der Waals surface area contributed by atoms with Crippen molar-refractivity contribution in [3.05, 3.63) is 23.3 Å². The fraction of sp³-hybridized carbons (Fsp3) is 0.750. The Morgan fingerprint density at radius 1 is 0.677 bits per heavy atom. The molecule has 0 aromatic carbocycles. The first kappa shape index (κ1) is 29.6. The minimum absolute atomic E-state index is 0.304. The van der Waals surface area contributed by atoms with Gasteiger partial charge in [-0.3, -0.25) is 9.59 Å². The molecule has 0 spiro atoms. The van der Waals surface area contributed by atoms with Crippen LogP contribution in [0.4, 0.5) is 0 Å². The molecule has 2 unspecified atom stereocenters. The summed E-state index contributed by atoms with van der Waals surface area (Å²) in [7, 11) is -3.88. The Hall–Kier alpha value is -1.44. The third-order valence-electron chi connectivity index (χ3n) is 4.74. The molecule has 0 aliphatic carbocycles. The van der Waals surface area contributed by atoms with Crippen molar-refractivity contribution in [3.63, 3.8) is 0 Å². The van der Waals surface area contributed by atoms with Gasteiger partial charge in [0.1, 0.15) is 0 Å². The van der Waals surface area contributed by atoms with Crippen LogP contribution in [0.25, 0.3) is 0 Å². The monoisotopic (exact) mass is 456 g/mol. The van der Waals surface area contributed by atoms with Crippen molar-refractivity contribution in [1.29, 1.82) is 0 Å². The molecule has 0 aliphatic heterocycles. The molecule has 0 aromatic heterocycles. The zero-order chi connectivity index (χ0) is 23.9. The summed E-state index contributed by atoms with van der Waals surface area (Å²) in [6.45, 7) is 15.8. The van der Waals surface area contributed by atoms with Crippen LogP contribution in [-0.4, -0.2) is 34.2 Å². The molecular weight excluding hydrogens is 412 g/mol. The molecule has 2 atom stereocenters. The lowest BCUT2D eigenvalue weighted by molar-refractivity contribution is -0.150. The molecule has 0 heterocycles. The molecule has 0 saturated carbocycles. The number of carbonyl (C=O) groups excluding carboxylic acids is 2. The van der Waals surface area contributed by atoms with Crippen molar-refractivity contribution in [2.45, 2.75) is 93.9 Å². The summed E-state index contributed by atoms with van der Waals surface area (Å²) in [5.74, 6) is -0.318. The third kappa shape index (κ3) is 16.9. The van der Waals surface area contributed by atoms with Gasteiger partial charge < -0.3 is 17.7 Å². The first-order valence-corrected chi connectivity index (χ1v) is 13.0. The molecule has 6 nitrogen and oxygen atoms in total. The fourth-order valence-corrected chi connectivity index (χ4v) is 4.70. The summed E-state index contributed by atoms with van der Waals surface area (Å²) in [6.07, 6.45) is 10.1. The van der Waals surface area contributed by atoms with E-state index in [0.717, 1.165) is 38.5 Å². The number of hydrogen-bond donors (Lipinski definition) is 0. The Labute approximate surface area is 190 Å². The molecule has 0 bridgehead atoms. The van der Waals surface area contributed by atoms with Crippen LogP contribution in [0.15, 0.2) is 23.3 Å². The molecule has 0 N–H and O–H groups in total. The van der Waals surface area contributed by atoms with Crippen LogP contribution >= 0.6 is 0 Å². The van der Waals surface area contributed by atoms with Crippen LogP contribution in [0.3, 0.4) is 0 Å². The zero-order valence-corrected chi connectivity index (χ0v) is 21.9. The third-order valence-corrected chi connectivity index (χ3v) is 6.93. The Morgan fingerprint density at radius 3 is 1.32 bits per heavy atom. The first-order valence-electron chi connectivity index (χ1n) is 11.4. The molecule has 31 heavy (non-hydrogen) atoms. The quantitative estimate of drug-likeness (QED) is 0.206. The Morgan fingerprint density at radius 2 is 1.03 bits per heavy atom. The minimum Gasteiger partial charge on any atom is -0.442 e. The lowest BCUT2D eigenvalue weighted by atomic mass is 10.0. The van der Waals surface area contributed by atoms with E-state index in [4.69, 9.17) is 17.7 Å². The van der Waals surface area contributed by atoms with E-state index in [1.54, 1.807) is 0 Å². The van der Waals surface area contributed by atoms with E-state index in [0.29, 0.717) is 25.0 Å². The Kier molecular flexibility index (Phi) is 15.5. The van der Waals surface area contributed by atoms with Crippen molar-refractivity contribution in [2.24, 2.45) is 11.8 Å². The summed E-state index contributed by atoms with van der Waals surface area (Å²) in [5.41, 5.74) is 2.62. The molecule has 0 rings (SSSR count). The van der Waals surface area contributed by atoms with Gasteiger partial charge >= 0.3 is 9.05 Å². The van der Waals surface area contributed by atoms with Gasteiger partial charge in [0.15, 0.2) is 0 Å². The van der Waals surface area contributed by atoms with E-state index in [-0.39, 0.29) is 0 Å². The van der Waals surface area contributed by atoms with Crippen molar-refractivity contribution in [3.8, 4) is 0 Å². The second kappa shape index (κ2) is 16.2. The molecule has 180 valence electrons. The second-order valence-electron chi connectivity index (χ2n) is 8.89. The van der Waals surface area contributed by atoms with Gasteiger partial charge in [0, 0.05) is 27.1 Å². The van der Waals surface area contributed by atoms with Crippen LogP contribution in [0.5, 0.6) is 0 Å². The van der Waals surface area contributed by atoms with E-state index in [9.17, 15) is 9.59 Å². The lowest BCUT2D eigenvalue weighted by Crippen LogP contribution is -2.52. The van der Waals surface area contributed by atoms with Crippen LogP contribution in [-0.2, 0) is 27.3 Å². The molecule has 0 saturated heterocycles. The number of hydrogen-bond acceptors (Lipinski definition) is 6. The number of rotatable bonds is 16. The predicted molar refractivity (Wildman–Crippen MR) is 126 cm³/mol. The van der Waals surface area contributed by atoms with Crippen LogP contribution < -0.4 is 0 Å². The highest BCUT2D eigenvalue weighted by molar-refractivity contribution is 6.57. The van der Waals surface area contributed by atoms with Gasteiger partial charge in [0.2, 0.25) is 0 Å². The minimum atomic E-state index is -3.88. The van der Waals surface area contributed by atoms with Gasteiger partial charge in [-0.1, -0.05) is 37.1 Å². The van der Waals surface area contributed by atoms with E-state index in [1.807, 2.05) is 0 Å². The maximum Gasteiger partial charge on any atom is 0.824 e. The summed E-state index contributed by atoms with van der Waals surface area (Å²) >= 11 is 0. The summed E-state index contributed by atoms with van der Waals surface area (Å²) < 4.78 is 22.4. The standard InChI is InChI=1S/C24H44O6Si/c1-19(2)11-9-13-21(5)15-17-27-31(29-23(7)25,30-24(8)26)28-18-16-22(6)14-10-12-20(3)4/h11-12,21-22H,9-10,13-18H2,1-8H3. The van der Waals surface area contributed by atoms with Gasteiger partial charge in [-0.05, 0) is 78.1 Å². The van der Waals surface area contributed by atoms with E-state index < -0.39 is 21.0 Å². The zero-order valence-electron chi connectivity index (χ0n) is 20.9. The van der Waals surface area contributed by atoms with E-state index >= 15 is 0 Å². The maximum atomic E-state index is 11.7. The molecule has 0 fully saturated rings. The SMILES string of the molecule is CC(=O)O[Si](OCCC(C)CCC=C(C)C)(OCCC(C)CCC=C(C)C)OC(C)=O. The van der Waals surface area contributed by atoms with Gasteiger partial charge in [0.05, 0.1) is 0 Å². The van der Waals surface area contributed by atoms with Crippen LogP contribution in [0, 0.1) is 11.8 Å². The van der Waals surface area contributed by atoms with E-state index in [1.165, 1.54) is 25.0 Å². The van der Waals surface area contributed by atoms with Crippen molar-refractivity contribution < 1.29 is 27.3 Å². The average Bonchev–Trinajstić information content (AvgIpc) is 2.59. The first-order chi connectivity index (χ1) is 14.5. The Bertz CT molecular complexity index is 539. The van der Waals surface area contributed by atoms with Crippen molar-refractivity contribution >= 4 is 21.0 Å². The summed E-state index contributed by atoms with van der Waals surface area (Å²) in [5, 5.41) is 0. The van der Waals surface area contributed by atoms with Gasteiger partial charge in [-0.2, -0.15) is 0 Å². The predicted octanol–water partition coefficient (Wildman–Crippen LogP) is 6.13. The van der Waals surface area contributed by atoms with Crippen molar-refractivity contribution in [2.75, 3.05) is 13.2 Å². The van der Waals surface area contributed by atoms with E-state index in [2.05, 4.69) is 53.7 Å². The summed E-state index contributed by atoms with van der Waals surface area (Å²) in [4.78, 5) is 23.4. The highest BCUT2D eigenvalue weighted by atomic mass is 28.4. The smallest absolute Gasteiger partial charge is 0.442 e.